The van der Waals surface area contributed by atoms with Crippen molar-refractivity contribution in [3.05, 3.63) is 23.8 Å². The van der Waals surface area contributed by atoms with Crippen LogP contribution < -0.4 is 20.5 Å². The lowest BCUT2D eigenvalue weighted by molar-refractivity contribution is 0.393. The van der Waals surface area contributed by atoms with Gasteiger partial charge in [-0.3, -0.25) is 0 Å². The van der Waals surface area contributed by atoms with Gasteiger partial charge in [-0.25, -0.2) is 4.99 Å². The first-order valence-corrected chi connectivity index (χ1v) is 6.14. The zero-order chi connectivity index (χ0) is 14.5. The van der Waals surface area contributed by atoms with E-state index in [0.29, 0.717) is 12.5 Å². The van der Waals surface area contributed by atoms with Crippen molar-refractivity contribution >= 4 is 29.9 Å². The van der Waals surface area contributed by atoms with Gasteiger partial charge in [0.25, 0.3) is 0 Å². The van der Waals surface area contributed by atoms with E-state index in [-0.39, 0.29) is 29.5 Å². The molecule has 5 nitrogen and oxygen atoms in total. The van der Waals surface area contributed by atoms with Gasteiger partial charge in [-0.15, -0.1) is 24.0 Å². The fourth-order valence-electron chi connectivity index (χ4n) is 1.56. The number of guanidine groups is 1. The molecule has 1 aromatic rings. The number of halogens is 1. The minimum atomic E-state index is -0.0976. The third-order valence-corrected chi connectivity index (χ3v) is 2.35. The first-order valence-electron chi connectivity index (χ1n) is 6.14. The van der Waals surface area contributed by atoms with Crippen molar-refractivity contribution in [3.8, 4) is 11.5 Å². The molecule has 0 spiro atoms. The number of benzene rings is 1. The molecule has 0 amide bonds. The molecule has 0 aliphatic heterocycles. The predicted molar refractivity (Wildman–Crippen MR) is 93.2 cm³/mol. The van der Waals surface area contributed by atoms with Gasteiger partial charge in [0.15, 0.2) is 5.96 Å². The monoisotopic (exact) mass is 393 g/mol. The van der Waals surface area contributed by atoms with Gasteiger partial charge in [-0.2, -0.15) is 0 Å². The summed E-state index contributed by atoms with van der Waals surface area (Å²) in [5.41, 5.74) is 6.71. The normalized spacial score (nSPS) is 11.6. The lowest BCUT2D eigenvalue weighted by Crippen LogP contribution is -2.44. The Bertz CT molecular complexity index is 434. The van der Waals surface area contributed by atoms with Crippen LogP contribution in [0.15, 0.2) is 23.2 Å². The number of hydrogen-bond acceptors (Lipinski definition) is 3. The fraction of sp³-hybridized carbons (Fsp3) is 0.500. The summed E-state index contributed by atoms with van der Waals surface area (Å²) in [6.07, 6.45) is 0. The van der Waals surface area contributed by atoms with E-state index in [0.717, 1.165) is 17.1 Å². The number of hydrogen-bond donors (Lipinski definition) is 2. The molecule has 0 fully saturated rings. The maximum Gasteiger partial charge on any atom is 0.189 e. The quantitative estimate of drug-likeness (QED) is 0.469. The minimum absolute atomic E-state index is 0. The van der Waals surface area contributed by atoms with E-state index in [2.05, 4.69) is 10.3 Å². The van der Waals surface area contributed by atoms with E-state index < -0.39 is 0 Å². The first kappa shape index (κ1) is 18.8. The molecule has 1 aromatic carbocycles. The number of ether oxygens (including phenoxy) is 2. The van der Waals surface area contributed by atoms with Crippen LogP contribution in [0.2, 0.25) is 0 Å². The minimum Gasteiger partial charge on any atom is -0.497 e. The first-order chi connectivity index (χ1) is 8.84. The Balaban J connectivity index is 0.00000361. The Morgan fingerprint density at radius 2 is 1.65 bits per heavy atom. The van der Waals surface area contributed by atoms with Crippen LogP contribution in [0.5, 0.6) is 11.5 Å². The van der Waals surface area contributed by atoms with Crippen molar-refractivity contribution in [1.29, 1.82) is 0 Å². The van der Waals surface area contributed by atoms with Gasteiger partial charge in [0.05, 0.1) is 20.8 Å². The van der Waals surface area contributed by atoms with Crippen molar-refractivity contribution < 1.29 is 9.47 Å². The molecule has 0 saturated heterocycles. The van der Waals surface area contributed by atoms with Gasteiger partial charge in [0, 0.05) is 11.6 Å². The molecule has 114 valence electrons. The number of nitrogens with two attached hydrogens (primary N) is 1. The van der Waals surface area contributed by atoms with E-state index in [1.165, 1.54) is 0 Å². The van der Waals surface area contributed by atoms with Gasteiger partial charge in [-0.05, 0) is 38.5 Å². The second-order valence-electron chi connectivity index (χ2n) is 5.30. The van der Waals surface area contributed by atoms with Gasteiger partial charge in [0.1, 0.15) is 11.5 Å². The molecule has 0 aromatic heterocycles. The largest absolute Gasteiger partial charge is 0.497 e. The van der Waals surface area contributed by atoms with Gasteiger partial charge < -0.3 is 20.5 Å². The van der Waals surface area contributed by atoms with Crippen LogP contribution in [0.3, 0.4) is 0 Å². The van der Waals surface area contributed by atoms with E-state index in [1.54, 1.807) is 14.2 Å². The average Bonchev–Trinajstić information content (AvgIpc) is 2.33. The molecule has 1 rings (SSSR count). The van der Waals surface area contributed by atoms with Gasteiger partial charge >= 0.3 is 0 Å². The lowest BCUT2D eigenvalue weighted by atomic mass is 10.1. The summed E-state index contributed by atoms with van der Waals surface area (Å²) in [5.74, 6) is 1.91. The third kappa shape index (κ3) is 6.83. The zero-order valence-corrected chi connectivity index (χ0v) is 15.0. The highest BCUT2D eigenvalue weighted by Crippen LogP contribution is 2.22. The number of methoxy groups -OCH3 is 2. The highest BCUT2D eigenvalue weighted by atomic mass is 127. The summed E-state index contributed by atoms with van der Waals surface area (Å²) >= 11 is 0. The van der Waals surface area contributed by atoms with Gasteiger partial charge in [0.2, 0.25) is 0 Å². The van der Waals surface area contributed by atoms with Crippen LogP contribution in [-0.4, -0.2) is 25.7 Å². The van der Waals surface area contributed by atoms with E-state index in [9.17, 15) is 0 Å². The highest BCUT2D eigenvalue weighted by molar-refractivity contribution is 14.0. The standard InChI is InChI=1S/C14H23N3O2.HI/c1-14(2,3)17-13(15)16-9-10-6-11(18-4)8-12(7-10)19-5;/h6-8H,9H2,1-5H3,(H3,15,16,17);1H. The Morgan fingerprint density at radius 3 is 2.05 bits per heavy atom. The summed E-state index contributed by atoms with van der Waals surface area (Å²) in [4.78, 5) is 4.30. The second kappa shape index (κ2) is 8.18. The van der Waals surface area contributed by atoms with Crippen molar-refractivity contribution in [1.82, 2.24) is 5.32 Å². The molecular formula is C14H24IN3O2. The molecular weight excluding hydrogens is 369 g/mol. The Hall–Kier alpha value is -1.18. The van der Waals surface area contributed by atoms with Crippen LogP contribution in [0.4, 0.5) is 0 Å². The van der Waals surface area contributed by atoms with Crippen LogP contribution in [0.1, 0.15) is 26.3 Å². The molecule has 0 saturated carbocycles. The van der Waals surface area contributed by atoms with Crippen LogP contribution in [0.25, 0.3) is 0 Å². The smallest absolute Gasteiger partial charge is 0.189 e. The van der Waals surface area contributed by atoms with Gasteiger partial charge in [-0.1, -0.05) is 0 Å². The molecule has 0 bridgehead atoms. The number of nitrogens with zero attached hydrogens (tertiary/aromatic N) is 1. The van der Waals surface area contributed by atoms with Crippen molar-refractivity contribution in [3.63, 3.8) is 0 Å². The van der Waals surface area contributed by atoms with E-state index >= 15 is 0 Å². The Morgan fingerprint density at radius 1 is 1.15 bits per heavy atom. The van der Waals surface area contributed by atoms with E-state index in [4.69, 9.17) is 15.2 Å². The summed E-state index contributed by atoms with van der Waals surface area (Å²) < 4.78 is 10.4. The molecule has 3 N–H and O–H groups in total. The molecule has 0 unspecified atom stereocenters. The molecule has 0 aliphatic carbocycles. The van der Waals surface area contributed by atoms with Crippen LogP contribution >= 0.6 is 24.0 Å². The lowest BCUT2D eigenvalue weighted by Gasteiger charge is -2.21. The van der Waals surface area contributed by atoms with Crippen LogP contribution in [0, 0.1) is 0 Å². The third-order valence-electron chi connectivity index (χ3n) is 2.35. The molecule has 0 radical (unpaired) electrons. The van der Waals surface area contributed by atoms with Crippen molar-refractivity contribution in [2.75, 3.05) is 14.2 Å². The molecule has 0 heterocycles. The van der Waals surface area contributed by atoms with E-state index in [1.807, 2.05) is 39.0 Å². The Kier molecular flexibility index (Phi) is 7.70. The number of rotatable bonds is 4. The Labute approximate surface area is 138 Å². The topological polar surface area (TPSA) is 68.9 Å². The molecule has 6 heteroatoms. The number of aliphatic imine (C=N–C) groups is 1. The molecule has 0 atom stereocenters. The maximum atomic E-state index is 5.83. The summed E-state index contributed by atoms with van der Waals surface area (Å²) in [7, 11) is 3.24. The predicted octanol–water partition coefficient (Wildman–Crippen LogP) is 2.52. The molecule has 20 heavy (non-hydrogen) atoms. The zero-order valence-electron chi connectivity index (χ0n) is 12.7. The highest BCUT2D eigenvalue weighted by Gasteiger charge is 2.09. The van der Waals surface area contributed by atoms with Crippen molar-refractivity contribution in [2.24, 2.45) is 10.7 Å². The SMILES string of the molecule is COc1cc(CN=C(N)NC(C)(C)C)cc(OC)c1.I. The maximum absolute atomic E-state index is 5.83. The summed E-state index contributed by atoms with van der Waals surface area (Å²) in [5, 5.41) is 3.11. The fourth-order valence-corrected chi connectivity index (χ4v) is 1.56. The molecule has 0 aliphatic rings. The van der Waals surface area contributed by atoms with Crippen LogP contribution in [-0.2, 0) is 6.54 Å². The second-order valence-corrected chi connectivity index (χ2v) is 5.30. The van der Waals surface area contributed by atoms with Crippen molar-refractivity contribution in [2.45, 2.75) is 32.9 Å². The summed E-state index contributed by atoms with van der Waals surface area (Å²) in [6, 6.07) is 5.65. The summed E-state index contributed by atoms with van der Waals surface area (Å²) in [6.45, 7) is 6.57. The number of nitrogens with one attached hydrogen (secondary N) is 1. The average molecular weight is 393 g/mol.